The van der Waals surface area contributed by atoms with Crippen molar-refractivity contribution in [1.29, 1.82) is 0 Å². The van der Waals surface area contributed by atoms with Crippen molar-refractivity contribution in [3.63, 3.8) is 0 Å². The normalized spacial score (nSPS) is 13.0. The van der Waals surface area contributed by atoms with Crippen LogP contribution in [0.2, 0.25) is 0 Å². The van der Waals surface area contributed by atoms with Crippen LogP contribution in [0, 0.1) is 6.92 Å². The average molecular weight is 427 g/mol. The lowest BCUT2D eigenvalue weighted by atomic mass is 9.96. The van der Waals surface area contributed by atoms with Gasteiger partial charge in [0.1, 0.15) is 7.05 Å². The van der Waals surface area contributed by atoms with Crippen LogP contribution in [0.3, 0.4) is 0 Å². The summed E-state index contributed by atoms with van der Waals surface area (Å²) in [5, 5.41) is 9.15. The lowest BCUT2D eigenvalue weighted by Gasteiger charge is -2.20. The molecule has 4 heterocycles. The van der Waals surface area contributed by atoms with Gasteiger partial charge >= 0.3 is 0 Å². The van der Waals surface area contributed by atoms with Gasteiger partial charge in [-0.05, 0) is 47.5 Å². The molecule has 1 aliphatic rings. The first-order valence-corrected chi connectivity index (χ1v) is 12.2. The number of hydrogen-bond donors (Lipinski definition) is 0. The standard InChI is InChI=1S/C25H16NS3/c1-13-14-8-10-27-19(14)12-21-22(13)24-23-16(7-9-26(24)2)25-17(11-20(23)28-21)15-5-3-4-6-18(15)29-25/h3-12H,1-2H3/q+1. The molecule has 0 unspecified atom stereocenters. The van der Waals surface area contributed by atoms with E-state index in [1.807, 2.05) is 34.4 Å². The molecule has 0 radical (unpaired) electrons. The smallest absolute Gasteiger partial charge is 0.200 e. The van der Waals surface area contributed by atoms with Gasteiger partial charge in [0, 0.05) is 46.1 Å². The van der Waals surface area contributed by atoms with Crippen LogP contribution in [-0.2, 0) is 7.05 Å². The fraction of sp³-hybridized carbons (Fsp3) is 0.0800. The maximum Gasteiger partial charge on any atom is 0.222 e. The number of aryl methyl sites for hydroxylation is 2. The van der Waals surface area contributed by atoms with Gasteiger partial charge in [-0.2, -0.15) is 0 Å². The molecule has 0 fully saturated rings. The van der Waals surface area contributed by atoms with Crippen LogP contribution >= 0.6 is 34.4 Å². The molecule has 7 rings (SSSR count). The quantitative estimate of drug-likeness (QED) is 0.225. The molecule has 0 spiro atoms. The number of fused-ring (bicyclic) bond motifs is 7. The Labute approximate surface area is 180 Å². The predicted molar refractivity (Wildman–Crippen MR) is 128 cm³/mol. The molecule has 0 bridgehead atoms. The van der Waals surface area contributed by atoms with Crippen LogP contribution in [0.25, 0.3) is 52.3 Å². The Morgan fingerprint density at radius 2 is 1.72 bits per heavy atom. The van der Waals surface area contributed by atoms with Crippen molar-refractivity contribution in [2.24, 2.45) is 7.05 Å². The number of pyridine rings is 1. The van der Waals surface area contributed by atoms with Gasteiger partial charge in [0.2, 0.25) is 5.69 Å². The lowest BCUT2D eigenvalue weighted by Crippen LogP contribution is -2.31. The number of hydrogen-bond acceptors (Lipinski definition) is 3. The third-order valence-corrected chi connectivity index (χ3v) is 9.33. The molecule has 4 heteroatoms. The number of rotatable bonds is 0. The van der Waals surface area contributed by atoms with Crippen molar-refractivity contribution in [2.45, 2.75) is 16.7 Å². The second-order valence-electron chi connectivity index (χ2n) is 7.72. The molecule has 1 nitrogen and oxygen atoms in total. The second kappa shape index (κ2) is 5.60. The van der Waals surface area contributed by atoms with Crippen molar-refractivity contribution >= 4 is 75.5 Å². The summed E-state index contributed by atoms with van der Waals surface area (Å²) in [4.78, 5) is 2.76. The molecule has 0 N–H and O–H groups in total. The first-order valence-electron chi connectivity index (χ1n) is 9.66. The molecule has 1 aliphatic heterocycles. The molecular formula is C25H16NS3+. The summed E-state index contributed by atoms with van der Waals surface area (Å²) in [6, 6.07) is 18.2. The fourth-order valence-corrected chi connectivity index (χ4v) is 8.25. The summed E-state index contributed by atoms with van der Waals surface area (Å²) >= 11 is 5.70. The van der Waals surface area contributed by atoms with Crippen molar-refractivity contribution < 1.29 is 4.57 Å². The molecule has 138 valence electrons. The van der Waals surface area contributed by atoms with E-state index in [-0.39, 0.29) is 0 Å². The SMILES string of the molecule is Cc1c2c(cc3sccc13)Sc1cc3c4ccccc4sc3c3cc[n+](C)c-2c13. The van der Waals surface area contributed by atoms with Gasteiger partial charge < -0.3 is 0 Å². The number of aromatic nitrogens is 1. The number of nitrogens with zero attached hydrogens (tertiary/aromatic N) is 1. The van der Waals surface area contributed by atoms with E-state index >= 15 is 0 Å². The number of benzene rings is 3. The Kier molecular flexibility index (Phi) is 3.17. The summed E-state index contributed by atoms with van der Waals surface area (Å²) in [6.45, 7) is 2.29. The van der Waals surface area contributed by atoms with Crippen molar-refractivity contribution in [3.05, 3.63) is 65.7 Å². The Bertz CT molecular complexity index is 1650. The fourth-order valence-electron chi connectivity index (χ4n) is 4.83. The zero-order chi connectivity index (χ0) is 19.3. The van der Waals surface area contributed by atoms with Gasteiger partial charge in [-0.15, -0.1) is 22.7 Å². The highest BCUT2D eigenvalue weighted by atomic mass is 32.2. The van der Waals surface area contributed by atoms with Crippen molar-refractivity contribution in [1.82, 2.24) is 0 Å². The summed E-state index contributed by atoms with van der Waals surface area (Å²) in [7, 11) is 2.19. The minimum atomic E-state index is 1.36. The van der Waals surface area contributed by atoms with Crippen LogP contribution in [0.15, 0.2) is 69.9 Å². The van der Waals surface area contributed by atoms with E-state index in [1.165, 1.54) is 67.6 Å². The Morgan fingerprint density at radius 3 is 2.66 bits per heavy atom. The molecule has 0 aliphatic carbocycles. The van der Waals surface area contributed by atoms with Gasteiger partial charge in [0.05, 0.1) is 10.9 Å². The van der Waals surface area contributed by atoms with Crippen LogP contribution < -0.4 is 4.57 Å². The highest BCUT2D eigenvalue weighted by molar-refractivity contribution is 7.99. The Hall–Kier alpha value is -2.40. The Morgan fingerprint density at radius 1 is 0.828 bits per heavy atom. The molecular weight excluding hydrogens is 410 g/mol. The largest absolute Gasteiger partial charge is 0.222 e. The van der Waals surface area contributed by atoms with Gasteiger partial charge in [-0.1, -0.05) is 30.0 Å². The van der Waals surface area contributed by atoms with Gasteiger partial charge in [0.15, 0.2) is 6.20 Å². The average Bonchev–Trinajstić information content (AvgIpc) is 3.34. The second-order valence-corrected chi connectivity index (χ2v) is 10.8. The van der Waals surface area contributed by atoms with E-state index in [0.29, 0.717) is 0 Å². The topological polar surface area (TPSA) is 3.88 Å². The summed E-state index contributed by atoms with van der Waals surface area (Å²) in [6.07, 6.45) is 2.24. The molecule has 0 saturated heterocycles. The molecule has 0 atom stereocenters. The minimum absolute atomic E-state index is 1.36. The zero-order valence-corrected chi connectivity index (χ0v) is 18.4. The minimum Gasteiger partial charge on any atom is -0.200 e. The highest BCUT2D eigenvalue weighted by Crippen LogP contribution is 2.52. The van der Waals surface area contributed by atoms with Crippen LogP contribution in [-0.4, -0.2) is 0 Å². The van der Waals surface area contributed by atoms with Gasteiger partial charge in [0.25, 0.3) is 0 Å². The van der Waals surface area contributed by atoms with E-state index in [0.717, 1.165) is 0 Å². The van der Waals surface area contributed by atoms with E-state index in [9.17, 15) is 0 Å². The third kappa shape index (κ3) is 2.04. The molecule has 6 aromatic rings. The van der Waals surface area contributed by atoms with Crippen LogP contribution in [0.5, 0.6) is 0 Å². The molecule has 3 aromatic carbocycles. The van der Waals surface area contributed by atoms with Crippen LogP contribution in [0.4, 0.5) is 0 Å². The lowest BCUT2D eigenvalue weighted by molar-refractivity contribution is -0.659. The van der Waals surface area contributed by atoms with E-state index in [4.69, 9.17) is 0 Å². The summed E-state index contributed by atoms with van der Waals surface area (Å²) in [5.74, 6) is 0. The number of thiophene rings is 2. The van der Waals surface area contributed by atoms with Crippen molar-refractivity contribution in [3.8, 4) is 11.3 Å². The van der Waals surface area contributed by atoms with Crippen molar-refractivity contribution in [2.75, 3.05) is 0 Å². The zero-order valence-electron chi connectivity index (χ0n) is 15.9. The molecule has 3 aromatic heterocycles. The van der Waals surface area contributed by atoms with Gasteiger partial charge in [-0.3, -0.25) is 0 Å². The highest BCUT2D eigenvalue weighted by Gasteiger charge is 2.30. The van der Waals surface area contributed by atoms with E-state index < -0.39 is 0 Å². The first kappa shape index (κ1) is 16.4. The molecule has 0 amide bonds. The summed E-state index contributed by atoms with van der Waals surface area (Å²) < 4.78 is 6.47. The monoisotopic (exact) mass is 426 g/mol. The van der Waals surface area contributed by atoms with Gasteiger partial charge in [-0.25, -0.2) is 4.57 Å². The summed E-state index contributed by atoms with van der Waals surface area (Å²) in [5.41, 5.74) is 4.16. The van der Waals surface area contributed by atoms with E-state index in [1.54, 1.807) is 0 Å². The Balaban J connectivity index is 1.72. The van der Waals surface area contributed by atoms with E-state index in [2.05, 4.69) is 78.6 Å². The third-order valence-electron chi connectivity index (χ3n) is 6.16. The van der Waals surface area contributed by atoms with Crippen LogP contribution in [0.1, 0.15) is 5.56 Å². The maximum atomic E-state index is 2.43. The maximum absolute atomic E-state index is 2.43. The molecule has 0 saturated carbocycles. The predicted octanol–water partition coefficient (Wildman–Crippen LogP) is 7.69. The first-order chi connectivity index (χ1) is 14.2. The molecule has 29 heavy (non-hydrogen) atoms.